The van der Waals surface area contributed by atoms with Crippen LogP contribution in [0.15, 0.2) is 81.0 Å². The van der Waals surface area contributed by atoms with Crippen molar-refractivity contribution in [3.8, 4) is 5.69 Å². The van der Waals surface area contributed by atoms with Crippen molar-refractivity contribution >= 4 is 51.2 Å². The molecule has 0 unspecified atom stereocenters. The summed E-state index contributed by atoms with van der Waals surface area (Å²) in [5.41, 5.74) is 1.73. The van der Waals surface area contributed by atoms with Crippen molar-refractivity contribution in [1.29, 1.82) is 0 Å². The molecule has 2 N–H and O–H groups in total. The minimum atomic E-state index is -0.417. The van der Waals surface area contributed by atoms with Crippen molar-refractivity contribution in [2.45, 2.75) is 18.6 Å². The molecule has 0 radical (unpaired) electrons. The quantitative estimate of drug-likeness (QED) is 0.207. The first kappa shape index (κ1) is 26.2. The van der Waals surface area contributed by atoms with E-state index in [9.17, 15) is 14.4 Å². The first-order valence-corrected chi connectivity index (χ1v) is 12.9. The summed E-state index contributed by atoms with van der Waals surface area (Å²) >= 11 is 4.63. The molecule has 0 saturated heterocycles. The van der Waals surface area contributed by atoms with Gasteiger partial charge >= 0.3 is 5.97 Å². The van der Waals surface area contributed by atoms with Gasteiger partial charge in [-0.1, -0.05) is 27.7 Å². The van der Waals surface area contributed by atoms with Gasteiger partial charge in [0.15, 0.2) is 16.7 Å². The average molecular weight is 584 g/mol. The number of carbonyl (C=O) groups is 3. The fourth-order valence-electron chi connectivity index (χ4n) is 3.24. The van der Waals surface area contributed by atoms with Crippen LogP contribution in [-0.4, -0.2) is 44.9 Å². The highest BCUT2D eigenvalue weighted by Crippen LogP contribution is 2.24. The fourth-order valence-corrected chi connectivity index (χ4v) is 4.28. The lowest BCUT2D eigenvalue weighted by molar-refractivity contribution is -0.113. The van der Waals surface area contributed by atoms with E-state index in [1.807, 2.05) is 24.3 Å². The number of rotatable bonds is 10. The Morgan fingerprint density at radius 3 is 2.49 bits per heavy atom. The van der Waals surface area contributed by atoms with Crippen LogP contribution >= 0.6 is 27.7 Å². The lowest BCUT2D eigenvalue weighted by atomic mass is 10.2. The molecule has 10 nitrogen and oxygen atoms in total. The summed E-state index contributed by atoms with van der Waals surface area (Å²) in [4.78, 5) is 36.7. The summed E-state index contributed by atoms with van der Waals surface area (Å²) in [5.74, 6) is -0.312. The second-order valence-corrected chi connectivity index (χ2v) is 9.36. The average Bonchev–Trinajstić information content (AvgIpc) is 3.58. The van der Waals surface area contributed by atoms with Gasteiger partial charge < -0.3 is 19.8 Å². The first-order chi connectivity index (χ1) is 17.9. The maximum absolute atomic E-state index is 12.6. The third-order valence-corrected chi connectivity index (χ3v) is 6.41. The number of esters is 1. The maximum atomic E-state index is 12.6. The number of nitrogens with one attached hydrogen (secondary N) is 2. The summed E-state index contributed by atoms with van der Waals surface area (Å²) in [5, 5.41) is 14.5. The third-order valence-electron chi connectivity index (χ3n) is 4.95. The van der Waals surface area contributed by atoms with E-state index in [0.29, 0.717) is 22.2 Å². The van der Waals surface area contributed by atoms with Crippen molar-refractivity contribution in [2.75, 3.05) is 17.7 Å². The molecule has 37 heavy (non-hydrogen) atoms. The molecule has 190 valence electrons. The molecule has 4 rings (SSSR count). The van der Waals surface area contributed by atoms with E-state index in [4.69, 9.17) is 9.15 Å². The molecule has 2 heterocycles. The van der Waals surface area contributed by atoms with Crippen molar-refractivity contribution in [3.05, 3.63) is 88.5 Å². The van der Waals surface area contributed by atoms with Gasteiger partial charge in [0, 0.05) is 15.8 Å². The number of furan rings is 1. The van der Waals surface area contributed by atoms with Crippen molar-refractivity contribution < 1.29 is 23.5 Å². The Hall–Kier alpha value is -3.90. The monoisotopic (exact) mass is 583 g/mol. The van der Waals surface area contributed by atoms with Crippen molar-refractivity contribution in [1.82, 2.24) is 20.1 Å². The molecule has 0 atom stereocenters. The Labute approximate surface area is 224 Å². The van der Waals surface area contributed by atoms with Crippen molar-refractivity contribution in [3.63, 3.8) is 0 Å². The number of amides is 2. The minimum Gasteiger partial charge on any atom is -0.462 e. The Kier molecular flexibility index (Phi) is 8.75. The third kappa shape index (κ3) is 6.86. The molecular formula is C25H22BrN5O5S. The zero-order valence-electron chi connectivity index (χ0n) is 19.6. The van der Waals surface area contributed by atoms with E-state index in [1.165, 1.54) is 18.0 Å². The van der Waals surface area contributed by atoms with E-state index in [2.05, 4.69) is 36.8 Å². The zero-order chi connectivity index (χ0) is 26.2. The Balaban J connectivity index is 1.44. The lowest BCUT2D eigenvalue weighted by Gasteiger charge is -2.11. The van der Waals surface area contributed by atoms with Gasteiger partial charge in [0.2, 0.25) is 5.91 Å². The summed E-state index contributed by atoms with van der Waals surface area (Å²) in [6.45, 7) is 2.13. The number of thioether (sulfide) groups is 1. The highest BCUT2D eigenvalue weighted by atomic mass is 79.9. The van der Waals surface area contributed by atoms with Crippen LogP contribution in [-0.2, 0) is 16.1 Å². The van der Waals surface area contributed by atoms with E-state index in [-0.39, 0.29) is 36.5 Å². The number of halogens is 1. The van der Waals surface area contributed by atoms with Gasteiger partial charge in [0.1, 0.15) is 0 Å². The predicted octanol–water partition coefficient (Wildman–Crippen LogP) is 4.46. The summed E-state index contributed by atoms with van der Waals surface area (Å²) in [6.07, 6.45) is 1.42. The molecule has 12 heteroatoms. The predicted molar refractivity (Wildman–Crippen MR) is 141 cm³/mol. The second-order valence-electron chi connectivity index (χ2n) is 7.51. The minimum absolute atomic E-state index is 0.0625. The summed E-state index contributed by atoms with van der Waals surface area (Å²) < 4.78 is 12.8. The van der Waals surface area contributed by atoms with Crippen LogP contribution in [0.1, 0.15) is 33.7 Å². The number of hydrogen-bond donors (Lipinski definition) is 2. The molecule has 2 aromatic carbocycles. The normalized spacial score (nSPS) is 10.6. The number of carbonyl (C=O) groups excluding carboxylic acids is 3. The molecule has 2 amide bonds. The summed E-state index contributed by atoms with van der Waals surface area (Å²) in [7, 11) is 0. The zero-order valence-corrected chi connectivity index (χ0v) is 22.0. The number of anilines is 1. The van der Waals surface area contributed by atoms with E-state index >= 15 is 0 Å². The molecule has 0 bridgehead atoms. The van der Waals surface area contributed by atoms with E-state index in [0.717, 1.165) is 10.2 Å². The molecule has 0 saturated carbocycles. The second kappa shape index (κ2) is 12.4. The van der Waals surface area contributed by atoms with Gasteiger partial charge in [-0.25, -0.2) is 4.79 Å². The van der Waals surface area contributed by atoms with E-state index in [1.54, 1.807) is 47.9 Å². The number of hydrogen-bond acceptors (Lipinski definition) is 8. The molecule has 2 aromatic heterocycles. The van der Waals surface area contributed by atoms with Crippen LogP contribution in [0, 0.1) is 0 Å². The van der Waals surface area contributed by atoms with Crippen LogP contribution in [0.4, 0.5) is 5.69 Å². The lowest BCUT2D eigenvalue weighted by Crippen LogP contribution is -2.24. The van der Waals surface area contributed by atoms with Gasteiger partial charge in [-0.2, -0.15) is 0 Å². The van der Waals surface area contributed by atoms with Crippen LogP contribution in [0.5, 0.6) is 0 Å². The van der Waals surface area contributed by atoms with Crippen LogP contribution in [0.2, 0.25) is 0 Å². The standard InChI is InChI=1S/C25H22BrN5O5S/c1-2-35-24(34)16-5-9-18(10-6-16)28-22(32)15-37-25-30-29-21(14-27-23(33)20-4-3-13-36-20)31(25)19-11-7-17(26)8-12-19/h3-13H,2,14-15H2,1H3,(H,27,33)(H,28,32). The smallest absolute Gasteiger partial charge is 0.338 e. The van der Waals surface area contributed by atoms with Crippen LogP contribution in [0.3, 0.4) is 0 Å². The SMILES string of the molecule is CCOC(=O)c1ccc(NC(=O)CSc2nnc(CNC(=O)c3ccco3)n2-c2ccc(Br)cc2)cc1. The maximum Gasteiger partial charge on any atom is 0.338 e. The molecular weight excluding hydrogens is 562 g/mol. The fraction of sp³-hybridized carbons (Fsp3) is 0.160. The van der Waals surface area contributed by atoms with Crippen LogP contribution in [0.25, 0.3) is 5.69 Å². The number of ether oxygens (including phenoxy) is 1. The number of nitrogens with zero attached hydrogens (tertiary/aromatic N) is 3. The topological polar surface area (TPSA) is 128 Å². The summed E-state index contributed by atoms with van der Waals surface area (Å²) in [6, 6.07) is 17.2. The molecule has 0 aliphatic carbocycles. The van der Waals surface area contributed by atoms with Gasteiger partial charge in [0.25, 0.3) is 5.91 Å². The Morgan fingerprint density at radius 2 is 1.81 bits per heavy atom. The van der Waals surface area contributed by atoms with Crippen molar-refractivity contribution in [2.24, 2.45) is 0 Å². The van der Waals surface area contributed by atoms with Gasteiger partial charge in [0.05, 0.1) is 30.7 Å². The van der Waals surface area contributed by atoms with Gasteiger partial charge in [-0.15, -0.1) is 10.2 Å². The Bertz CT molecular complexity index is 1370. The highest BCUT2D eigenvalue weighted by Gasteiger charge is 2.18. The molecule has 0 spiro atoms. The van der Waals surface area contributed by atoms with Gasteiger partial charge in [-0.3, -0.25) is 14.2 Å². The largest absolute Gasteiger partial charge is 0.462 e. The number of benzene rings is 2. The Morgan fingerprint density at radius 1 is 1.05 bits per heavy atom. The highest BCUT2D eigenvalue weighted by molar-refractivity contribution is 9.10. The number of aromatic nitrogens is 3. The molecule has 0 aliphatic heterocycles. The molecule has 4 aromatic rings. The molecule has 0 aliphatic rings. The first-order valence-electron chi connectivity index (χ1n) is 11.2. The van der Waals surface area contributed by atoms with Gasteiger partial charge in [-0.05, 0) is 67.6 Å². The molecule has 0 fully saturated rings. The van der Waals surface area contributed by atoms with E-state index < -0.39 is 5.97 Å². The van der Waals surface area contributed by atoms with Crippen LogP contribution < -0.4 is 10.6 Å².